The Kier molecular flexibility index (Phi) is 4.70. The molecule has 0 atom stereocenters. The highest BCUT2D eigenvalue weighted by Gasteiger charge is 2.07. The van der Waals surface area contributed by atoms with E-state index < -0.39 is 10.0 Å². The Morgan fingerprint density at radius 3 is 2.28 bits per heavy atom. The van der Waals surface area contributed by atoms with Crippen molar-refractivity contribution in [1.82, 2.24) is 4.98 Å². The third-order valence-electron chi connectivity index (χ3n) is 3.25. The Balaban J connectivity index is 1.73. The molecule has 0 radical (unpaired) electrons. The molecule has 0 unspecified atom stereocenters. The fourth-order valence-electron chi connectivity index (χ4n) is 2.14. The van der Waals surface area contributed by atoms with Gasteiger partial charge >= 0.3 is 0 Å². The summed E-state index contributed by atoms with van der Waals surface area (Å²) in [5.74, 6) is 0. The molecular weight excluding hydrogens is 356 g/mol. The lowest BCUT2D eigenvalue weighted by Gasteiger charge is -2.04. The first kappa shape index (κ1) is 17.0. The molecule has 0 fully saturated rings. The fraction of sp³-hybridized carbons (Fsp3) is 0.0588. The van der Waals surface area contributed by atoms with E-state index in [-0.39, 0.29) is 0 Å². The van der Waals surface area contributed by atoms with Crippen molar-refractivity contribution in [3.8, 4) is 17.3 Å². The molecule has 6 nitrogen and oxygen atoms in total. The molecule has 0 amide bonds. The second-order valence-electron chi connectivity index (χ2n) is 5.30. The molecule has 0 aliphatic carbocycles. The summed E-state index contributed by atoms with van der Waals surface area (Å²) >= 11 is 1.46. The number of anilines is 3. The number of sulfonamides is 1. The lowest BCUT2D eigenvalue weighted by molar-refractivity contribution is 0.607. The number of nitrogens with one attached hydrogen (secondary N) is 2. The standard InChI is InChI=1S/C17H14N4O2S2/c1-25(22,23)21-15-8-4-13(5-9-15)16-11-24-17(20-16)19-14-6-2-12(10-18)3-7-14/h2-9,11,21H,1H3,(H,19,20). The van der Waals surface area contributed by atoms with Crippen LogP contribution >= 0.6 is 11.3 Å². The minimum atomic E-state index is -3.28. The van der Waals surface area contributed by atoms with Gasteiger partial charge in [0, 0.05) is 22.3 Å². The van der Waals surface area contributed by atoms with E-state index in [1.807, 2.05) is 29.6 Å². The highest BCUT2D eigenvalue weighted by atomic mass is 32.2. The van der Waals surface area contributed by atoms with Gasteiger partial charge in [-0.1, -0.05) is 12.1 Å². The van der Waals surface area contributed by atoms with Crippen LogP contribution in [0.5, 0.6) is 0 Å². The van der Waals surface area contributed by atoms with Gasteiger partial charge in [0.1, 0.15) is 0 Å². The van der Waals surface area contributed by atoms with Crippen molar-refractivity contribution in [1.29, 1.82) is 5.26 Å². The summed E-state index contributed by atoms with van der Waals surface area (Å²) < 4.78 is 24.9. The first-order chi connectivity index (χ1) is 11.9. The van der Waals surface area contributed by atoms with Gasteiger partial charge in [-0.15, -0.1) is 11.3 Å². The molecule has 1 heterocycles. The average molecular weight is 370 g/mol. The Bertz CT molecular complexity index is 1020. The van der Waals surface area contributed by atoms with E-state index in [4.69, 9.17) is 5.26 Å². The first-order valence-electron chi connectivity index (χ1n) is 7.24. The van der Waals surface area contributed by atoms with Crippen LogP contribution in [0.3, 0.4) is 0 Å². The van der Waals surface area contributed by atoms with Crippen LogP contribution in [0.1, 0.15) is 5.56 Å². The molecule has 3 aromatic rings. The number of thiazole rings is 1. The summed E-state index contributed by atoms with van der Waals surface area (Å²) in [6.45, 7) is 0. The minimum absolute atomic E-state index is 0.511. The normalized spacial score (nSPS) is 10.9. The largest absolute Gasteiger partial charge is 0.332 e. The Morgan fingerprint density at radius 2 is 1.68 bits per heavy atom. The quantitative estimate of drug-likeness (QED) is 0.712. The molecule has 2 N–H and O–H groups in total. The predicted molar refractivity (Wildman–Crippen MR) is 100 cm³/mol. The van der Waals surface area contributed by atoms with Gasteiger partial charge < -0.3 is 5.32 Å². The van der Waals surface area contributed by atoms with Crippen LogP contribution in [-0.2, 0) is 10.0 Å². The average Bonchev–Trinajstić information content (AvgIpc) is 3.03. The molecule has 0 saturated heterocycles. The maximum atomic E-state index is 11.2. The third kappa shape index (κ3) is 4.56. The number of nitriles is 1. The summed E-state index contributed by atoms with van der Waals surface area (Å²) in [4.78, 5) is 4.53. The molecule has 0 aliphatic rings. The third-order valence-corrected chi connectivity index (χ3v) is 4.62. The smallest absolute Gasteiger partial charge is 0.229 e. The topological polar surface area (TPSA) is 94.9 Å². The van der Waals surface area contributed by atoms with Crippen molar-refractivity contribution in [3.63, 3.8) is 0 Å². The molecule has 8 heteroatoms. The number of aromatic nitrogens is 1. The van der Waals surface area contributed by atoms with E-state index in [0.717, 1.165) is 28.3 Å². The molecule has 126 valence electrons. The van der Waals surface area contributed by atoms with Crippen molar-refractivity contribution >= 4 is 37.9 Å². The number of hydrogen-bond acceptors (Lipinski definition) is 6. The lowest BCUT2D eigenvalue weighted by Crippen LogP contribution is -2.09. The van der Waals surface area contributed by atoms with Crippen molar-refractivity contribution in [3.05, 3.63) is 59.5 Å². The highest BCUT2D eigenvalue weighted by molar-refractivity contribution is 7.92. The van der Waals surface area contributed by atoms with Crippen molar-refractivity contribution in [2.75, 3.05) is 16.3 Å². The summed E-state index contributed by atoms with van der Waals surface area (Å²) in [7, 11) is -3.28. The fourth-order valence-corrected chi connectivity index (χ4v) is 3.44. The molecule has 0 saturated carbocycles. The molecule has 0 spiro atoms. The highest BCUT2D eigenvalue weighted by Crippen LogP contribution is 2.28. The second kappa shape index (κ2) is 6.93. The van der Waals surface area contributed by atoms with Crippen LogP contribution in [0.25, 0.3) is 11.3 Å². The molecular formula is C17H14N4O2S2. The van der Waals surface area contributed by atoms with Gasteiger partial charge in [-0.25, -0.2) is 13.4 Å². The van der Waals surface area contributed by atoms with E-state index in [2.05, 4.69) is 21.1 Å². The zero-order chi connectivity index (χ0) is 17.9. The van der Waals surface area contributed by atoms with Crippen LogP contribution in [-0.4, -0.2) is 19.7 Å². The Hall–Kier alpha value is -2.89. The number of rotatable bonds is 5. The molecule has 0 aliphatic heterocycles. The predicted octanol–water partition coefficient (Wildman–Crippen LogP) is 3.80. The maximum Gasteiger partial charge on any atom is 0.229 e. The second-order valence-corrected chi connectivity index (χ2v) is 7.91. The van der Waals surface area contributed by atoms with Gasteiger partial charge in [0.05, 0.1) is 23.6 Å². The summed E-state index contributed by atoms with van der Waals surface area (Å²) in [5, 5.41) is 14.7. The zero-order valence-electron chi connectivity index (χ0n) is 13.2. The number of benzene rings is 2. The van der Waals surface area contributed by atoms with Crippen molar-refractivity contribution in [2.45, 2.75) is 0 Å². The Morgan fingerprint density at radius 1 is 1.04 bits per heavy atom. The van der Waals surface area contributed by atoms with E-state index in [9.17, 15) is 8.42 Å². The van der Waals surface area contributed by atoms with Crippen LogP contribution in [0.2, 0.25) is 0 Å². The van der Waals surface area contributed by atoms with Gasteiger partial charge in [-0.2, -0.15) is 5.26 Å². The monoisotopic (exact) mass is 370 g/mol. The van der Waals surface area contributed by atoms with E-state index in [0.29, 0.717) is 11.3 Å². The van der Waals surface area contributed by atoms with Crippen LogP contribution < -0.4 is 10.0 Å². The zero-order valence-corrected chi connectivity index (χ0v) is 14.9. The van der Waals surface area contributed by atoms with Gasteiger partial charge in [0.25, 0.3) is 0 Å². The molecule has 3 rings (SSSR count). The summed E-state index contributed by atoms with van der Waals surface area (Å²) in [6.07, 6.45) is 1.11. The van der Waals surface area contributed by atoms with Crippen LogP contribution in [0.15, 0.2) is 53.9 Å². The Labute approximate surface area is 149 Å². The van der Waals surface area contributed by atoms with E-state index in [1.165, 1.54) is 11.3 Å². The number of hydrogen-bond donors (Lipinski definition) is 2. The van der Waals surface area contributed by atoms with Gasteiger partial charge in [0.2, 0.25) is 10.0 Å². The van der Waals surface area contributed by atoms with Crippen molar-refractivity contribution < 1.29 is 8.42 Å². The van der Waals surface area contributed by atoms with Gasteiger partial charge in [-0.3, -0.25) is 4.72 Å². The van der Waals surface area contributed by atoms with E-state index >= 15 is 0 Å². The molecule has 2 aromatic carbocycles. The first-order valence-corrected chi connectivity index (χ1v) is 10.0. The number of nitrogens with zero attached hydrogens (tertiary/aromatic N) is 2. The molecule has 0 bridgehead atoms. The molecule has 25 heavy (non-hydrogen) atoms. The minimum Gasteiger partial charge on any atom is -0.332 e. The lowest BCUT2D eigenvalue weighted by atomic mass is 10.1. The van der Waals surface area contributed by atoms with Crippen molar-refractivity contribution in [2.24, 2.45) is 0 Å². The summed E-state index contributed by atoms with van der Waals surface area (Å²) in [5.41, 5.74) is 3.66. The summed E-state index contributed by atoms with van der Waals surface area (Å²) in [6, 6.07) is 16.2. The molecule has 1 aromatic heterocycles. The SMILES string of the molecule is CS(=O)(=O)Nc1ccc(-c2csc(Nc3ccc(C#N)cc3)n2)cc1. The van der Waals surface area contributed by atoms with Gasteiger partial charge in [0.15, 0.2) is 5.13 Å². The maximum absolute atomic E-state index is 11.2. The van der Waals surface area contributed by atoms with E-state index in [1.54, 1.807) is 24.3 Å². The van der Waals surface area contributed by atoms with Crippen LogP contribution in [0.4, 0.5) is 16.5 Å². The van der Waals surface area contributed by atoms with Crippen LogP contribution in [0, 0.1) is 11.3 Å². The van der Waals surface area contributed by atoms with Gasteiger partial charge in [-0.05, 0) is 36.4 Å².